The number of rotatable bonds is 6. The number of hydrogen-bond donors (Lipinski definition) is 1. The van der Waals surface area contributed by atoms with Crippen LogP contribution in [0, 0.1) is 18.8 Å². The molecule has 0 bridgehead atoms. The number of nitrogens with zero attached hydrogens (tertiary/aromatic N) is 2. The van der Waals surface area contributed by atoms with Gasteiger partial charge in [-0.25, -0.2) is 0 Å². The van der Waals surface area contributed by atoms with E-state index >= 15 is 0 Å². The maximum atomic E-state index is 14.2. The number of hydrogen-bond acceptors (Lipinski definition) is 6. The summed E-state index contributed by atoms with van der Waals surface area (Å²) in [6.07, 6.45) is 8.39. The lowest BCUT2D eigenvalue weighted by molar-refractivity contribution is -0.152. The van der Waals surface area contributed by atoms with Gasteiger partial charge >= 0.3 is 5.97 Å². The van der Waals surface area contributed by atoms with Gasteiger partial charge < -0.3 is 24.4 Å². The first-order valence-electron chi connectivity index (χ1n) is 12.1. The monoisotopic (exact) mass is 500 g/mol. The van der Waals surface area contributed by atoms with Crippen LogP contribution in [0.4, 0.5) is 5.69 Å². The fraction of sp³-hybridized carbons (Fsp3) is 0.500. The van der Waals surface area contributed by atoms with Gasteiger partial charge in [-0.3, -0.25) is 14.4 Å². The lowest BCUT2D eigenvalue weighted by Gasteiger charge is -2.36. The molecule has 2 amide bonds. The van der Waals surface area contributed by atoms with Crippen molar-refractivity contribution in [2.24, 2.45) is 11.8 Å². The number of aryl methyl sites for hydroxylation is 1. The number of anilines is 1. The molecule has 0 aliphatic carbocycles. The second kappa shape index (κ2) is 9.41. The van der Waals surface area contributed by atoms with E-state index in [0.29, 0.717) is 36.5 Å². The summed E-state index contributed by atoms with van der Waals surface area (Å²) in [7, 11) is 0. The smallest absolute Gasteiger partial charge is 0.313 e. The van der Waals surface area contributed by atoms with Gasteiger partial charge in [0.25, 0.3) is 5.91 Å². The summed E-state index contributed by atoms with van der Waals surface area (Å²) in [5.74, 6) is -2.75. The number of unbranched alkanes of at least 4 members (excludes halogenated alkanes) is 2. The van der Waals surface area contributed by atoms with Gasteiger partial charge in [-0.1, -0.05) is 42.0 Å². The minimum absolute atomic E-state index is 0.0657. The Morgan fingerprint density at radius 2 is 1.97 bits per heavy atom. The minimum Gasteiger partial charge on any atom is -0.461 e. The molecule has 2 fully saturated rings. The van der Waals surface area contributed by atoms with Crippen LogP contribution in [0.25, 0.3) is 0 Å². The Labute approximate surface area is 209 Å². The van der Waals surface area contributed by atoms with Crippen LogP contribution in [0.15, 0.2) is 42.5 Å². The summed E-state index contributed by atoms with van der Waals surface area (Å²) in [6.45, 7) is 2.67. The Kier molecular flexibility index (Phi) is 6.46. The van der Waals surface area contributed by atoms with Crippen molar-refractivity contribution in [3.8, 4) is 0 Å². The van der Waals surface area contributed by atoms with E-state index in [1.165, 1.54) is 0 Å². The summed E-state index contributed by atoms with van der Waals surface area (Å²) in [5, 5.41) is 9.61. The normalized spacial score (nSPS) is 31.7. The molecule has 186 valence electrons. The molecule has 2 saturated heterocycles. The first-order valence-corrected chi connectivity index (χ1v) is 12.4. The Morgan fingerprint density at radius 3 is 2.74 bits per heavy atom. The molecule has 5 atom stereocenters. The van der Waals surface area contributed by atoms with Crippen LogP contribution in [-0.4, -0.2) is 71.8 Å². The number of esters is 1. The van der Waals surface area contributed by atoms with Gasteiger partial charge in [-0.15, -0.1) is 0 Å². The van der Waals surface area contributed by atoms with Gasteiger partial charge in [0.15, 0.2) is 0 Å². The first kappa shape index (κ1) is 24.0. The molecule has 0 aromatic heterocycles. The Morgan fingerprint density at radius 1 is 1.14 bits per heavy atom. The number of carbonyl (C=O) groups is 3. The predicted octanol–water partition coefficient (Wildman–Crippen LogP) is 2.41. The van der Waals surface area contributed by atoms with E-state index in [1.807, 2.05) is 25.1 Å². The number of fused-ring (bicyclic) bond motifs is 2. The summed E-state index contributed by atoms with van der Waals surface area (Å²) >= 11 is 6.53. The SMILES string of the molecule is Cc1cccc(Cl)c1N1CC=C[C@]23O[C@@H]4C=CCOC(=O)[C@@H]4[C@H]2C(=O)N(CCCCCO)C3C1=O. The second-order valence-electron chi connectivity index (χ2n) is 9.47. The Hall–Kier alpha value is -2.68. The number of cyclic esters (lactones) is 1. The standard InChI is InChI=1S/C26H29ClN2O6/c1-16-8-5-9-17(27)21(16)28-13-7-11-26-20(19-18(35-26)10-6-15-34-25(19)33)23(31)29(22(26)24(28)32)12-3-2-4-14-30/h5-11,18-20,22,30H,2-4,12-15H2,1H3/t18-,19+,20+,22?,26+/m1/s1. The van der Waals surface area contributed by atoms with E-state index in [2.05, 4.69) is 0 Å². The number of likely N-dealkylation sites (tertiary alicyclic amines) is 1. The zero-order valence-electron chi connectivity index (χ0n) is 19.6. The predicted molar refractivity (Wildman–Crippen MR) is 129 cm³/mol. The lowest BCUT2D eigenvalue weighted by Crippen LogP contribution is -2.55. The highest BCUT2D eigenvalue weighted by Gasteiger charge is 2.71. The molecule has 0 radical (unpaired) electrons. The molecule has 1 unspecified atom stereocenters. The van der Waals surface area contributed by atoms with E-state index in [4.69, 9.17) is 26.2 Å². The van der Waals surface area contributed by atoms with Crippen LogP contribution < -0.4 is 4.90 Å². The molecule has 4 aliphatic heterocycles. The molecule has 1 N–H and O–H groups in total. The van der Waals surface area contributed by atoms with Crippen LogP contribution in [0.2, 0.25) is 5.02 Å². The molecule has 4 heterocycles. The highest BCUT2D eigenvalue weighted by Crippen LogP contribution is 2.53. The topological polar surface area (TPSA) is 96.4 Å². The van der Waals surface area contributed by atoms with Gasteiger partial charge in [0.1, 0.15) is 24.2 Å². The van der Waals surface area contributed by atoms with Crippen molar-refractivity contribution in [1.82, 2.24) is 4.90 Å². The van der Waals surface area contributed by atoms with Crippen LogP contribution in [0.1, 0.15) is 24.8 Å². The zero-order valence-corrected chi connectivity index (χ0v) is 20.3. The van der Waals surface area contributed by atoms with E-state index in [1.54, 1.807) is 34.1 Å². The fourth-order valence-corrected chi connectivity index (χ4v) is 6.27. The average Bonchev–Trinajstić information content (AvgIpc) is 3.12. The molecule has 9 heteroatoms. The number of carbonyl (C=O) groups excluding carboxylic acids is 3. The summed E-state index contributed by atoms with van der Waals surface area (Å²) in [5.41, 5.74) is 0.156. The molecular formula is C26H29ClN2O6. The van der Waals surface area contributed by atoms with E-state index < -0.39 is 35.6 Å². The van der Waals surface area contributed by atoms with Crippen LogP contribution in [0.3, 0.4) is 0 Å². The van der Waals surface area contributed by atoms with E-state index in [0.717, 1.165) is 5.56 Å². The first-order chi connectivity index (χ1) is 16.9. The second-order valence-corrected chi connectivity index (χ2v) is 9.88. The van der Waals surface area contributed by atoms with Crippen molar-refractivity contribution in [2.45, 2.75) is 43.9 Å². The third-order valence-electron chi connectivity index (χ3n) is 7.43. The highest BCUT2D eigenvalue weighted by molar-refractivity contribution is 6.34. The lowest BCUT2D eigenvalue weighted by atomic mass is 9.78. The zero-order chi connectivity index (χ0) is 24.7. The molecule has 1 spiro atoms. The molecule has 8 nitrogen and oxygen atoms in total. The van der Waals surface area contributed by atoms with Gasteiger partial charge in [0, 0.05) is 19.7 Å². The van der Waals surface area contributed by atoms with Gasteiger partial charge in [-0.2, -0.15) is 0 Å². The number of para-hydroxylation sites is 1. The molecule has 4 aliphatic rings. The van der Waals surface area contributed by atoms with Crippen molar-refractivity contribution in [3.63, 3.8) is 0 Å². The van der Waals surface area contributed by atoms with Crippen molar-refractivity contribution in [2.75, 3.05) is 31.2 Å². The number of halogens is 1. The molecule has 0 saturated carbocycles. The molecule has 1 aromatic carbocycles. The number of ether oxygens (including phenoxy) is 2. The van der Waals surface area contributed by atoms with Crippen LogP contribution >= 0.6 is 11.6 Å². The van der Waals surface area contributed by atoms with E-state index in [9.17, 15) is 14.4 Å². The highest BCUT2D eigenvalue weighted by atomic mass is 35.5. The number of amides is 2. The van der Waals surface area contributed by atoms with Crippen LogP contribution in [-0.2, 0) is 23.9 Å². The minimum atomic E-state index is -1.29. The summed E-state index contributed by atoms with van der Waals surface area (Å²) in [4.78, 5) is 44.2. The maximum Gasteiger partial charge on any atom is 0.313 e. The van der Waals surface area contributed by atoms with Crippen LogP contribution in [0.5, 0.6) is 0 Å². The van der Waals surface area contributed by atoms with Gasteiger partial charge in [0.05, 0.1) is 22.7 Å². The Balaban J connectivity index is 1.59. The molecular weight excluding hydrogens is 472 g/mol. The molecule has 1 aromatic rings. The Bertz CT molecular complexity index is 1080. The van der Waals surface area contributed by atoms with Crippen molar-refractivity contribution >= 4 is 35.1 Å². The number of benzene rings is 1. The number of aliphatic hydroxyl groups is 1. The van der Waals surface area contributed by atoms with Crippen molar-refractivity contribution < 1.29 is 29.0 Å². The van der Waals surface area contributed by atoms with Crippen molar-refractivity contribution in [1.29, 1.82) is 0 Å². The van der Waals surface area contributed by atoms with Crippen molar-refractivity contribution in [3.05, 3.63) is 53.1 Å². The average molecular weight is 501 g/mol. The quantitative estimate of drug-likeness (QED) is 0.366. The number of aliphatic hydroxyl groups excluding tert-OH is 1. The molecule has 35 heavy (non-hydrogen) atoms. The fourth-order valence-electron chi connectivity index (χ4n) is 5.95. The van der Waals surface area contributed by atoms with Gasteiger partial charge in [-0.05, 0) is 43.9 Å². The van der Waals surface area contributed by atoms with E-state index in [-0.39, 0.29) is 31.6 Å². The summed E-state index contributed by atoms with van der Waals surface area (Å²) < 4.78 is 11.8. The largest absolute Gasteiger partial charge is 0.461 e. The third kappa shape index (κ3) is 3.79. The maximum absolute atomic E-state index is 14.2. The molecule has 5 rings (SSSR count). The summed E-state index contributed by atoms with van der Waals surface area (Å²) in [6, 6.07) is 4.51. The third-order valence-corrected chi connectivity index (χ3v) is 7.73. The van der Waals surface area contributed by atoms with Gasteiger partial charge in [0.2, 0.25) is 5.91 Å².